The van der Waals surface area contributed by atoms with Crippen LogP contribution in [0.4, 0.5) is 0 Å². The largest absolute Gasteiger partial charge is 0.348 e. The summed E-state index contributed by atoms with van der Waals surface area (Å²) in [7, 11) is 0. The van der Waals surface area contributed by atoms with Crippen LogP contribution in [0.15, 0.2) is 65.5 Å². The number of hydrogen-bond acceptors (Lipinski definition) is 2. The van der Waals surface area contributed by atoms with Gasteiger partial charge in [-0.1, -0.05) is 41.9 Å². The Labute approximate surface area is 143 Å². The first-order valence-corrected chi connectivity index (χ1v) is 7.82. The van der Waals surface area contributed by atoms with Gasteiger partial charge in [0.05, 0.1) is 0 Å². The summed E-state index contributed by atoms with van der Waals surface area (Å²) in [6.45, 7) is 0.281. The summed E-state index contributed by atoms with van der Waals surface area (Å²) in [5.74, 6) is -0.237. The van der Waals surface area contributed by atoms with Crippen molar-refractivity contribution in [3.05, 3.63) is 87.2 Å². The van der Waals surface area contributed by atoms with E-state index in [-0.39, 0.29) is 18.0 Å². The minimum absolute atomic E-state index is 0.188. The second-order valence-corrected chi connectivity index (χ2v) is 5.75. The molecule has 0 atom stereocenters. The van der Waals surface area contributed by atoms with Gasteiger partial charge in [0.1, 0.15) is 0 Å². The van der Waals surface area contributed by atoms with E-state index < -0.39 is 0 Å². The van der Waals surface area contributed by atoms with Gasteiger partial charge in [-0.05, 0) is 35.4 Å². The van der Waals surface area contributed by atoms with Gasteiger partial charge in [0.15, 0.2) is 0 Å². The monoisotopic (exact) mass is 338 g/mol. The van der Waals surface area contributed by atoms with Crippen molar-refractivity contribution in [3.63, 3.8) is 0 Å². The van der Waals surface area contributed by atoms with Gasteiger partial charge in [0.25, 0.3) is 0 Å². The quantitative estimate of drug-likeness (QED) is 0.715. The Balaban J connectivity index is 1.72. The van der Waals surface area contributed by atoms with Gasteiger partial charge >= 0.3 is 0 Å². The van der Waals surface area contributed by atoms with Crippen LogP contribution in [0, 0.1) is 0 Å². The molecule has 3 rings (SSSR count). The topological polar surface area (TPSA) is 62.0 Å². The lowest BCUT2D eigenvalue weighted by molar-refractivity contribution is -0.116. The molecule has 4 nitrogen and oxygen atoms in total. The standard InChI is InChI=1S/C19H15ClN2O2/c20-15-5-3-4-13(10-15)8-9-18(23)21-12-14-11-19(24)22-17-7-2-1-6-16(14)17/h1-11H,12H2,(H,21,23)(H,22,24)/b9-8+. The van der Waals surface area contributed by atoms with Crippen LogP contribution in [0.3, 0.4) is 0 Å². The summed E-state index contributed by atoms with van der Waals surface area (Å²) in [6, 6.07) is 16.2. The Kier molecular flexibility index (Phi) is 4.77. The molecule has 0 spiro atoms. The first kappa shape index (κ1) is 16.0. The number of para-hydroxylation sites is 1. The van der Waals surface area contributed by atoms with Crippen LogP contribution in [0.2, 0.25) is 5.02 Å². The molecule has 5 heteroatoms. The van der Waals surface area contributed by atoms with E-state index in [1.807, 2.05) is 36.4 Å². The molecule has 0 aliphatic carbocycles. The zero-order chi connectivity index (χ0) is 16.9. The van der Waals surface area contributed by atoms with Crippen molar-refractivity contribution in [2.45, 2.75) is 6.54 Å². The van der Waals surface area contributed by atoms with Crippen molar-refractivity contribution in [2.24, 2.45) is 0 Å². The minimum atomic E-state index is -0.237. The number of aromatic nitrogens is 1. The van der Waals surface area contributed by atoms with Crippen LogP contribution in [0.1, 0.15) is 11.1 Å². The van der Waals surface area contributed by atoms with E-state index in [0.29, 0.717) is 5.02 Å². The van der Waals surface area contributed by atoms with Gasteiger partial charge in [0, 0.05) is 34.6 Å². The maximum Gasteiger partial charge on any atom is 0.248 e. The van der Waals surface area contributed by atoms with E-state index in [0.717, 1.165) is 22.0 Å². The second kappa shape index (κ2) is 7.15. The van der Waals surface area contributed by atoms with Crippen molar-refractivity contribution in [1.29, 1.82) is 0 Å². The molecule has 2 aromatic carbocycles. The average Bonchev–Trinajstić information content (AvgIpc) is 2.57. The maximum atomic E-state index is 12.0. The number of halogens is 1. The summed E-state index contributed by atoms with van der Waals surface area (Å²) >= 11 is 5.90. The normalized spacial score (nSPS) is 11.0. The predicted molar refractivity (Wildman–Crippen MR) is 96.9 cm³/mol. The lowest BCUT2D eigenvalue weighted by atomic mass is 10.1. The van der Waals surface area contributed by atoms with E-state index in [9.17, 15) is 9.59 Å². The first-order chi connectivity index (χ1) is 11.6. The second-order valence-electron chi connectivity index (χ2n) is 5.31. The van der Waals surface area contributed by atoms with Gasteiger partial charge in [0.2, 0.25) is 11.5 Å². The Bertz CT molecular complexity index is 976. The van der Waals surface area contributed by atoms with Crippen LogP contribution in [0.5, 0.6) is 0 Å². The number of benzene rings is 2. The fourth-order valence-electron chi connectivity index (χ4n) is 2.45. The molecule has 1 heterocycles. The van der Waals surface area contributed by atoms with Crippen molar-refractivity contribution in [2.75, 3.05) is 0 Å². The SMILES string of the molecule is O=C(/C=C/c1cccc(Cl)c1)NCc1cc(=O)[nH]c2ccccc12. The number of aromatic amines is 1. The molecule has 0 radical (unpaired) electrons. The minimum Gasteiger partial charge on any atom is -0.348 e. The fraction of sp³-hybridized carbons (Fsp3) is 0.0526. The number of amides is 1. The molecule has 0 aliphatic heterocycles. The Morgan fingerprint density at radius 2 is 1.96 bits per heavy atom. The van der Waals surface area contributed by atoms with Gasteiger partial charge in [-0.25, -0.2) is 0 Å². The van der Waals surface area contributed by atoms with Crippen LogP contribution in [-0.2, 0) is 11.3 Å². The summed E-state index contributed by atoms with van der Waals surface area (Å²) in [6.07, 6.45) is 3.14. The summed E-state index contributed by atoms with van der Waals surface area (Å²) in [5.41, 5.74) is 2.19. The van der Waals surface area contributed by atoms with E-state index in [1.165, 1.54) is 12.1 Å². The molecule has 120 valence electrons. The number of fused-ring (bicyclic) bond motifs is 1. The Morgan fingerprint density at radius 3 is 2.79 bits per heavy atom. The highest BCUT2D eigenvalue weighted by molar-refractivity contribution is 6.30. The first-order valence-electron chi connectivity index (χ1n) is 7.44. The smallest absolute Gasteiger partial charge is 0.248 e. The van der Waals surface area contributed by atoms with Crippen molar-refractivity contribution >= 4 is 34.5 Å². The third-order valence-corrected chi connectivity index (χ3v) is 3.80. The molecule has 0 bridgehead atoms. The van der Waals surface area contributed by atoms with Gasteiger partial charge < -0.3 is 10.3 Å². The zero-order valence-electron chi connectivity index (χ0n) is 12.8. The zero-order valence-corrected chi connectivity index (χ0v) is 13.5. The Morgan fingerprint density at radius 1 is 1.12 bits per heavy atom. The number of nitrogens with one attached hydrogen (secondary N) is 2. The highest BCUT2D eigenvalue weighted by atomic mass is 35.5. The molecule has 0 saturated carbocycles. The third kappa shape index (κ3) is 3.91. The van der Waals surface area contributed by atoms with Crippen LogP contribution < -0.4 is 10.9 Å². The summed E-state index contributed by atoms with van der Waals surface area (Å²) in [4.78, 5) is 26.5. The van der Waals surface area contributed by atoms with Crippen LogP contribution in [-0.4, -0.2) is 10.9 Å². The molecule has 3 aromatic rings. The number of hydrogen-bond donors (Lipinski definition) is 2. The van der Waals surface area contributed by atoms with E-state index >= 15 is 0 Å². The molecule has 0 unspecified atom stereocenters. The molecule has 0 aliphatic rings. The summed E-state index contributed by atoms with van der Waals surface area (Å²) in [5, 5.41) is 4.32. The van der Waals surface area contributed by atoms with Crippen LogP contribution >= 0.6 is 11.6 Å². The van der Waals surface area contributed by atoms with Crippen molar-refractivity contribution in [1.82, 2.24) is 10.3 Å². The fourth-order valence-corrected chi connectivity index (χ4v) is 2.65. The number of H-pyrrole nitrogens is 1. The molecular weight excluding hydrogens is 324 g/mol. The number of carbonyl (C=O) groups excluding carboxylic acids is 1. The number of rotatable bonds is 4. The van der Waals surface area contributed by atoms with Gasteiger partial charge in [-0.2, -0.15) is 0 Å². The van der Waals surface area contributed by atoms with Crippen molar-refractivity contribution < 1.29 is 4.79 Å². The predicted octanol–water partition coefficient (Wildman–Crippen LogP) is 3.51. The van der Waals surface area contributed by atoms with Gasteiger partial charge in [-0.15, -0.1) is 0 Å². The molecule has 1 amide bonds. The molecule has 24 heavy (non-hydrogen) atoms. The lowest BCUT2D eigenvalue weighted by Gasteiger charge is -2.06. The maximum absolute atomic E-state index is 12.0. The molecular formula is C19H15ClN2O2. The number of pyridine rings is 1. The molecule has 0 saturated heterocycles. The lowest BCUT2D eigenvalue weighted by Crippen LogP contribution is -2.21. The highest BCUT2D eigenvalue weighted by Gasteiger charge is 2.04. The highest BCUT2D eigenvalue weighted by Crippen LogP contribution is 2.14. The van der Waals surface area contributed by atoms with Crippen LogP contribution in [0.25, 0.3) is 17.0 Å². The summed E-state index contributed by atoms with van der Waals surface area (Å²) < 4.78 is 0. The molecule has 2 N–H and O–H groups in total. The van der Waals surface area contributed by atoms with E-state index in [4.69, 9.17) is 11.6 Å². The molecule has 1 aromatic heterocycles. The van der Waals surface area contributed by atoms with Crippen molar-refractivity contribution in [3.8, 4) is 0 Å². The van der Waals surface area contributed by atoms with Gasteiger partial charge in [-0.3, -0.25) is 9.59 Å². The Hall–Kier alpha value is -2.85. The van der Waals surface area contributed by atoms with E-state index in [2.05, 4.69) is 10.3 Å². The van der Waals surface area contributed by atoms with E-state index in [1.54, 1.807) is 18.2 Å². The number of carbonyl (C=O) groups is 1. The third-order valence-electron chi connectivity index (χ3n) is 3.57. The average molecular weight is 339 g/mol. The molecule has 0 fully saturated rings.